The lowest BCUT2D eigenvalue weighted by atomic mass is 9.85. The highest BCUT2D eigenvalue weighted by Crippen LogP contribution is 2.38. The lowest BCUT2D eigenvalue weighted by Gasteiger charge is -2.39. The Kier molecular flexibility index (Phi) is 6.01. The number of carbonyl (C=O) groups is 1. The zero-order valence-corrected chi connectivity index (χ0v) is 18.4. The second-order valence-corrected chi connectivity index (χ2v) is 7.88. The molecule has 3 aromatic rings. The van der Waals surface area contributed by atoms with Crippen LogP contribution in [0.3, 0.4) is 0 Å². The fourth-order valence-corrected chi connectivity index (χ4v) is 4.05. The Labute approximate surface area is 192 Å². The Balaban J connectivity index is 1.78. The van der Waals surface area contributed by atoms with Gasteiger partial charge >= 0.3 is 5.97 Å². The molecule has 33 heavy (non-hydrogen) atoms. The quantitative estimate of drug-likeness (QED) is 0.550. The molecule has 0 saturated heterocycles. The van der Waals surface area contributed by atoms with Gasteiger partial charge in [0.15, 0.2) is 11.2 Å². The molecular weight excluding hydrogens is 416 g/mol. The lowest BCUT2D eigenvalue weighted by molar-refractivity contribution is 0.0691. The third kappa shape index (κ3) is 4.23. The molecule has 2 N–H and O–H groups in total. The second-order valence-electron chi connectivity index (χ2n) is 7.88. The number of rotatable bonds is 7. The van der Waals surface area contributed by atoms with Gasteiger partial charge in [-0.25, -0.2) is 4.79 Å². The predicted octanol–water partition coefficient (Wildman–Crippen LogP) is 4.74. The summed E-state index contributed by atoms with van der Waals surface area (Å²) in [4.78, 5) is 13.8. The molecule has 4 rings (SSSR count). The average Bonchev–Trinajstić information content (AvgIpc) is 3.24. The summed E-state index contributed by atoms with van der Waals surface area (Å²) >= 11 is 0. The number of benzene rings is 2. The highest BCUT2D eigenvalue weighted by atomic mass is 16.5. The molecule has 1 unspecified atom stereocenters. The van der Waals surface area contributed by atoms with Gasteiger partial charge in [-0.2, -0.15) is 10.4 Å². The molecule has 0 saturated carbocycles. The van der Waals surface area contributed by atoms with Crippen LogP contribution in [0.2, 0.25) is 0 Å². The molecule has 0 radical (unpaired) electrons. The minimum Gasteiger partial charge on any atom is -0.497 e. The minimum atomic E-state index is -1.15. The highest BCUT2D eigenvalue weighted by Gasteiger charge is 2.39. The fraction of sp³-hybridized carbons (Fsp3) is 0.192. The first-order chi connectivity index (χ1) is 16.0. The summed E-state index contributed by atoms with van der Waals surface area (Å²) in [6, 6.07) is 19.9. The van der Waals surface area contributed by atoms with Gasteiger partial charge in [-0.15, -0.1) is 0 Å². The molecule has 7 nitrogen and oxygen atoms in total. The second kappa shape index (κ2) is 9.05. The van der Waals surface area contributed by atoms with Crippen LogP contribution < -0.4 is 9.64 Å². The lowest BCUT2D eigenvalue weighted by Crippen LogP contribution is -2.47. The number of anilines is 1. The van der Waals surface area contributed by atoms with Crippen molar-refractivity contribution in [1.82, 2.24) is 10.2 Å². The first-order valence-electron chi connectivity index (χ1n) is 10.5. The number of nitrogens with zero attached hydrogens (tertiary/aromatic N) is 3. The third-order valence-electron chi connectivity index (χ3n) is 5.84. The summed E-state index contributed by atoms with van der Waals surface area (Å²) in [6.45, 7) is 2.08. The molecule has 166 valence electrons. The Morgan fingerprint density at radius 2 is 1.97 bits per heavy atom. The number of H-pyrrole nitrogens is 1. The van der Waals surface area contributed by atoms with E-state index in [0.717, 1.165) is 22.4 Å². The smallest absolute Gasteiger partial charge is 0.358 e. The van der Waals surface area contributed by atoms with Crippen molar-refractivity contribution in [3.63, 3.8) is 0 Å². The number of methoxy groups -OCH3 is 1. The van der Waals surface area contributed by atoms with E-state index in [1.165, 1.54) is 0 Å². The molecule has 0 fully saturated rings. The van der Waals surface area contributed by atoms with Crippen LogP contribution in [0.4, 0.5) is 5.69 Å². The zero-order valence-electron chi connectivity index (χ0n) is 18.4. The normalized spacial score (nSPS) is 17.2. The molecule has 1 atom stereocenters. The summed E-state index contributed by atoms with van der Waals surface area (Å²) in [7, 11) is 1.60. The highest BCUT2D eigenvalue weighted by molar-refractivity contribution is 5.93. The number of ether oxygens (including phenoxy) is 1. The number of aryl methyl sites for hydroxylation is 1. The number of nitrogens with one attached hydrogen (secondary N) is 1. The Morgan fingerprint density at radius 3 is 2.55 bits per heavy atom. The minimum absolute atomic E-state index is 0.109. The molecule has 0 bridgehead atoms. The van der Waals surface area contributed by atoms with Gasteiger partial charge in [0.2, 0.25) is 0 Å². The number of carboxylic acid groups (broad SMARTS) is 1. The van der Waals surface area contributed by atoms with Gasteiger partial charge in [-0.1, -0.05) is 54.6 Å². The SMILES string of the molecule is COc1ccc(CN(c2c(C(=O)O)n[nH]c2C)C2(C#N)C=CC(c3ccccc3)=CC2)cc1. The number of aromatic amines is 1. The van der Waals surface area contributed by atoms with E-state index in [1.54, 1.807) is 14.0 Å². The number of hydrogen-bond acceptors (Lipinski definition) is 5. The van der Waals surface area contributed by atoms with Crippen LogP contribution in [0.5, 0.6) is 5.75 Å². The standard InChI is InChI=1S/C26H24N4O3/c1-18-24(23(25(31)32)29-28-18)30(16-19-8-10-22(33-2)11-9-19)26(17-27)14-12-21(13-15-26)20-6-4-3-5-7-20/h3-14H,15-16H2,1-2H3,(H,28,29)(H,31,32). The number of carboxylic acids is 1. The number of aromatic nitrogens is 2. The van der Waals surface area contributed by atoms with E-state index < -0.39 is 11.5 Å². The van der Waals surface area contributed by atoms with E-state index in [9.17, 15) is 15.2 Å². The summed E-state index contributed by atoms with van der Waals surface area (Å²) in [5, 5.41) is 26.9. The Hall–Kier alpha value is -4.31. The van der Waals surface area contributed by atoms with Crippen molar-refractivity contribution in [1.29, 1.82) is 5.26 Å². The van der Waals surface area contributed by atoms with Gasteiger partial charge in [-0.3, -0.25) is 5.10 Å². The van der Waals surface area contributed by atoms with Crippen molar-refractivity contribution in [3.05, 3.63) is 95.3 Å². The molecule has 7 heteroatoms. The number of allylic oxidation sites excluding steroid dienone is 2. The van der Waals surface area contributed by atoms with E-state index in [0.29, 0.717) is 24.3 Å². The molecule has 1 aliphatic carbocycles. The number of nitriles is 1. The van der Waals surface area contributed by atoms with Crippen LogP contribution in [0.25, 0.3) is 5.57 Å². The van der Waals surface area contributed by atoms with Gasteiger partial charge < -0.3 is 14.7 Å². The molecule has 0 spiro atoms. The van der Waals surface area contributed by atoms with E-state index in [-0.39, 0.29) is 5.69 Å². The molecule has 1 aromatic heterocycles. The zero-order chi connectivity index (χ0) is 23.4. The number of hydrogen-bond donors (Lipinski definition) is 2. The average molecular weight is 441 g/mol. The van der Waals surface area contributed by atoms with Gasteiger partial charge in [0, 0.05) is 13.0 Å². The van der Waals surface area contributed by atoms with E-state index in [4.69, 9.17) is 4.74 Å². The van der Waals surface area contributed by atoms with E-state index in [1.807, 2.05) is 77.7 Å². The van der Waals surface area contributed by atoms with Gasteiger partial charge in [0.25, 0.3) is 0 Å². The first kappa shape index (κ1) is 21.9. The summed E-state index contributed by atoms with van der Waals surface area (Å²) in [6.07, 6.45) is 6.20. The maximum atomic E-state index is 11.9. The maximum absolute atomic E-state index is 11.9. The van der Waals surface area contributed by atoms with Crippen molar-refractivity contribution in [2.75, 3.05) is 12.0 Å². The van der Waals surface area contributed by atoms with Crippen LogP contribution in [0.1, 0.15) is 33.7 Å². The van der Waals surface area contributed by atoms with E-state index in [2.05, 4.69) is 16.3 Å². The molecular formula is C26H24N4O3. The van der Waals surface area contributed by atoms with Crippen LogP contribution >= 0.6 is 0 Å². The van der Waals surface area contributed by atoms with Crippen molar-refractivity contribution in [2.24, 2.45) is 0 Å². The number of aromatic carboxylic acids is 1. The van der Waals surface area contributed by atoms with Crippen LogP contribution in [-0.4, -0.2) is 33.9 Å². The van der Waals surface area contributed by atoms with Crippen molar-refractivity contribution in [2.45, 2.75) is 25.4 Å². The van der Waals surface area contributed by atoms with Gasteiger partial charge in [0.1, 0.15) is 5.75 Å². The first-order valence-corrected chi connectivity index (χ1v) is 10.5. The summed E-state index contributed by atoms with van der Waals surface area (Å²) in [5.74, 6) is -0.429. The molecule has 2 aromatic carbocycles. The third-order valence-corrected chi connectivity index (χ3v) is 5.84. The van der Waals surface area contributed by atoms with Crippen molar-refractivity contribution in [3.8, 4) is 11.8 Å². The monoisotopic (exact) mass is 440 g/mol. The largest absolute Gasteiger partial charge is 0.497 e. The van der Waals surface area contributed by atoms with Gasteiger partial charge in [-0.05, 0) is 41.8 Å². The topological polar surface area (TPSA) is 102 Å². The maximum Gasteiger partial charge on any atom is 0.358 e. The molecule has 1 aliphatic rings. The summed E-state index contributed by atoms with van der Waals surface area (Å²) < 4.78 is 5.25. The van der Waals surface area contributed by atoms with Crippen LogP contribution in [0, 0.1) is 18.3 Å². The van der Waals surface area contributed by atoms with Crippen molar-refractivity contribution >= 4 is 17.2 Å². The van der Waals surface area contributed by atoms with Crippen molar-refractivity contribution < 1.29 is 14.6 Å². The van der Waals surface area contributed by atoms with E-state index >= 15 is 0 Å². The van der Waals surface area contributed by atoms with Crippen LogP contribution in [0.15, 0.2) is 72.8 Å². The molecule has 0 amide bonds. The van der Waals surface area contributed by atoms with Gasteiger partial charge in [0.05, 0.1) is 24.6 Å². The molecule has 1 heterocycles. The fourth-order valence-electron chi connectivity index (χ4n) is 4.05. The Bertz CT molecular complexity index is 1250. The van der Waals surface area contributed by atoms with Crippen LogP contribution in [-0.2, 0) is 6.54 Å². The molecule has 0 aliphatic heterocycles. The predicted molar refractivity (Wildman–Crippen MR) is 126 cm³/mol. The summed E-state index contributed by atoms with van der Waals surface area (Å²) in [5.41, 5.74) is 2.79. The Morgan fingerprint density at radius 1 is 1.24 bits per heavy atom.